The van der Waals surface area contributed by atoms with Crippen LogP contribution in [-0.2, 0) is 9.13 Å². The summed E-state index contributed by atoms with van der Waals surface area (Å²) in [6.45, 7) is 0. The molecule has 0 rings (SSSR count). The third kappa shape index (κ3) is 1990. The van der Waals surface area contributed by atoms with Crippen molar-refractivity contribution in [2.24, 2.45) is 0 Å². The van der Waals surface area contributed by atoms with Crippen LogP contribution in [0.2, 0.25) is 0 Å². The third-order valence-corrected chi connectivity index (χ3v) is 0. The quantitative estimate of drug-likeness (QED) is 0.243. The summed E-state index contributed by atoms with van der Waals surface area (Å²) >= 11 is 0. The van der Waals surface area contributed by atoms with E-state index in [4.69, 9.17) is 38.5 Å². The normalized spacial score (nSPS) is 9.83. The van der Waals surface area contributed by atoms with Gasteiger partial charge in [0.15, 0.2) is 0 Å². The maximum Gasteiger partial charge on any atom is 3.00 e. The molecule has 0 aliphatic rings. The van der Waals surface area contributed by atoms with Gasteiger partial charge in [0.1, 0.15) is 0 Å². The van der Waals surface area contributed by atoms with E-state index in [0.29, 0.717) is 0 Å². The fourth-order valence-electron chi connectivity index (χ4n) is 0. The Hall–Kier alpha value is 0.712. The summed E-state index contributed by atoms with van der Waals surface area (Å²) in [6.07, 6.45) is 0. The zero-order chi connectivity index (χ0) is 9.00. The van der Waals surface area contributed by atoms with E-state index in [2.05, 4.69) is 0 Å². The van der Waals surface area contributed by atoms with Crippen molar-refractivity contribution in [3.8, 4) is 0 Å². The molecule has 0 unspecified atom stereocenters. The van der Waals surface area contributed by atoms with Crippen molar-refractivity contribution in [3.63, 3.8) is 0 Å². The van der Waals surface area contributed by atoms with Crippen molar-refractivity contribution in [2.75, 3.05) is 0 Å². The van der Waals surface area contributed by atoms with E-state index in [1.165, 1.54) is 0 Å². The molecule has 12 heavy (non-hydrogen) atoms. The summed E-state index contributed by atoms with van der Waals surface area (Å²) in [6, 6.07) is 0. The minimum Gasteiger partial charge on any atom is -0.870 e. The second-order valence-corrected chi connectivity index (χ2v) is 2.95. The molecular weight excluding hydrogens is 233 g/mol. The van der Waals surface area contributed by atoms with Crippen molar-refractivity contribution in [3.05, 3.63) is 0 Å². The molecule has 0 aromatic heterocycles. The summed E-state index contributed by atoms with van der Waals surface area (Å²) < 4.78 is 17.5. The molecule has 72 valence electrons. The molecule has 5 N–H and O–H groups in total. The largest absolute Gasteiger partial charge is 3.00 e. The van der Waals surface area contributed by atoms with Gasteiger partial charge < -0.3 is 39.4 Å². The summed E-state index contributed by atoms with van der Waals surface area (Å²) in [7, 11) is -9.78. The Labute approximate surface area is 77.6 Å². The van der Waals surface area contributed by atoms with E-state index in [-0.39, 0.29) is 22.8 Å². The van der Waals surface area contributed by atoms with Crippen LogP contribution < -0.4 is 9.79 Å². The van der Waals surface area contributed by atoms with Crippen LogP contribution in [0.5, 0.6) is 0 Å². The molecule has 0 bridgehead atoms. The van der Waals surface area contributed by atoms with Gasteiger partial charge in [-0.05, 0) is 0 Å². The molecule has 0 aromatic carbocycles. The fourth-order valence-corrected chi connectivity index (χ4v) is 0. The van der Waals surface area contributed by atoms with Crippen LogP contribution in [0.15, 0.2) is 0 Å². The summed E-state index contributed by atoms with van der Waals surface area (Å²) in [5.41, 5.74) is 0. The Kier molecular flexibility index (Phi) is 15.9. The standard InChI is InChI=1S/Al.2H3O4P.H2O/c;2*1-5(2,3)4;/h;2*(H3,1,2,3,4);1H2/q+3;;;/p-3. The van der Waals surface area contributed by atoms with Gasteiger partial charge in [-0.3, -0.25) is 0 Å². The van der Waals surface area contributed by atoms with Crippen LogP contribution >= 0.6 is 15.6 Å². The van der Waals surface area contributed by atoms with Gasteiger partial charge in [-0.25, -0.2) is 4.57 Å². The first-order valence-electron chi connectivity index (χ1n) is 1.53. The van der Waals surface area contributed by atoms with Crippen LogP contribution in [0.1, 0.15) is 0 Å². The molecule has 9 nitrogen and oxygen atoms in total. The van der Waals surface area contributed by atoms with E-state index in [1.807, 2.05) is 0 Å². The Morgan fingerprint density at radius 2 is 0.917 bits per heavy atom. The Balaban J connectivity index is -0.0000000457. The van der Waals surface area contributed by atoms with Gasteiger partial charge in [-0.15, -0.1) is 0 Å². The van der Waals surface area contributed by atoms with Crippen molar-refractivity contribution in [1.29, 1.82) is 0 Å². The molecule has 0 aromatic rings. The van der Waals surface area contributed by atoms with Gasteiger partial charge in [-0.1, -0.05) is 0 Å². The number of rotatable bonds is 0. The first-order valence-corrected chi connectivity index (χ1v) is 4.59. The van der Waals surface area contributed by atoms with E-state index in [9.17, 15) is 0 Å². The minimum atomic E-state index is -5.14. The van der Waals surface area contributed by atoms with E-state index >= 15 is 0 Å². The zero-order valence-electron chi connectivity index (χ0n) is 5.34. The van der Waals surface area contributed by atoms with Gasteiger partial charge in [-0.2, -0.15) is 0 Å². The zero-order valence-corrected chi connectivity index (χ0v) is 8.28. The van der Waals surface area contributed by atoms with Crippen LogP contribution in [0.3, 0.4) is 0 Å². The predicted octanol–water partition coefficient (Wildman–Crippen LogP) is -3.68. The molecule has 0 fully saturated rings. The predicted molar refractivity (Wildman–Crippen MR) is 31.8 cm³/mol. The third-order valence-electron chi connectivity index (χ3n) is 0. The molecular formula is H5AlO9P2. The average Bonchev–Trinajstić information content (AvgIpc) is 1.12. The number of phosphoric acid groups is 2. The average molecular weight is 238 g/mol. The maximum atomic E-state index is 8.88. The molecule has 0 radical (unpaired) electrons. The smallest absolute Gasteiger partial charge is 0.870 e. The summed E-state index contributed by atoms with van der Waals surface area (Å²) in [5, 5.41) is 0. The molecule has 0 atom stereocenters. The van der Waals surface area contributed by atoms with Crippen molar-refractivity contribution < 1.29 is 44.0 Å². The van der Waals surface area contributed by atoms with Crippen molar-refractivity contribution in [1.82, 2.24) is 0 Å². The molecule has 0 aliphatic carbocycles. The Bertz CT molecular complexity index is 125. The molecule has 12 heteroatoms. The SMILES string of the molecule is O=P(O)(O)O.O=P([O-])([O-])O.[Al+3].[OH-]. The van der Waals surface area contributed by atoms with E-state index < -0.39 is 15.6 Å². The summed E-state index contributed by atoms with van der Waals surface area (Å²) in [5.74, 6) is 0. The van der Waals surface area contributed by atoms with Gasteiger partial charge in [0, 0.05) is 0 Å². The van der Waals surface area contributed by atoms with Crippen LogP contribution in [0, 0.1) is 0 Å². The Morgan fingerprint density at radius 3 is 0.917 bits per heavy atom. The van der Waals surface area contributed by atoms with Gasteiger partial charge >= 0.3 is 25.2 Å². The van der Waals surface area contributed by atoms with Crippen LogP contribution in [-0.4, -0.2) is 42.4 Å². The summed E-state index contributed by atoms with van der Waals surface area (Å²) in [4.78, 5) is 45.8. The molecule has 0 saturated carbocycles. The van der Waals surface area contributed by atoms with E-state index in [1.54, 1.807) is 0 Å². The monoisotopic (exact) mass is 238 g/mol. The minimum absolute atomic E-state index is 0. The number of hydrogen-bond donors (Lipinski definition) is 4. The second-order valence-electron chi connectivity index (χ2n) is 0.982. The van der Waals surface area contributed by atoms with Crippen molar-refractivity contribution in [2.45, 2.75) is 0 Å². The Morgan fingerprint density at radius 1 is 0.917 bits per heavy atom. The van der Waals surface area contributed by atoms with Crippen molar-refractivity contribution >= 4 is 33.0 Å². The molecule has 0 heterocycles. The first kappa shape index (κ1) is 23.0. The van der Waals surface area contributed by atoms with Gasteiger partial charge in [0.2, 0.25) is 0 Å². The maximum absolute atomic E-state index is 8.88. The first-order chi connectivity index (χ1) is 4.00. The van der Waals surface area contributed by atoms with Crippen LogP contribution in [0.4, 0.5) is 0 Å². The topological polar surface area (TPSA) is 191 Å². The molecule has 0 aliphatic heterocycles. The fraction of sp³-hybridized carbons (Fsp3) is 0. The van der Waals surface area contributed by atoms with E-state index in [0.717, 1.165) is 0 Å². The van der Waals surface area contributed by atoms with Crippen LogP contribution in [0.25, 0.3) is 0 Å². The van der Waals surface area contributed by atoms with Gasteiger partial charge in [0.25, 0.3) is 0 Å². The molecule has 0 amide bonds. The second kappa shape index (κ2) is 8.32. The molecule has 0 spiro atoms. The number of hydrogen-bond acceptors (Lipinski definition) is 5. The van der Waals surface area contributed by atoms with Gasteiger partial charge in [0.05, 0.1) is 7.82 Å². The molecule has 0 saturated heterocycles.